The minimum atomic E-state index is 0.673. The first kappa shape index (κ1) is 12.8. The zero-order valence-electron chi connectivity index (χ0n) is 13.3. The maximum Gasteiger partial charge on any atom is 0.248 e. The molecule has 0 aliphatic carbocycles. The van der Waals surface area contributed by atoms with Gasteiger partial charge in [-0.15, -0.1) is 0 Å². The van der Waals surface area contributed by atoms with Gasteiger partial charge in [0, 0.05) is 11.1 Å². The number of para-hydroxylation sites is 4. The van der Waals surface area contributed by atoms with Crippen molar-refractivity contribution in [2.75, 3.05) is 0 Å². The molecule has 25 heavy (non-hydrogen) atoms. The van der Waals surface area contributed by atoms with E-state index in [0.717, 1.165) is 39.0 Å². The van der Waals surface area contributed by atoms with E-state index in [4.69, 9.17) is 9.40 Å². The van der Waals surface area contributed by atoms with Gasteiger partial charge in [-0.3, -0.25) is 8.97 Å². The highest BCUT2D eigenvalue weighted by molar-refractivity contribution is 6.05. The third-order valence-electron chi connectivity index (χ3n) is 4.75. The Morgan fingerprint density at radius 3 is 2.32 bits per heavy atom. The molecular formula is C21H13N3O. The molecule has 0 aliphatic heterocycles. The first-order valence-electron chi connectivity index (χ1n) is 8.26. The Bertz CT molecular complexity index is 1390. The van der Waals surface area contributed by atoms with E-state index in [1.165, 1.54) is 0 Å². The van der Waals surface area contributed by atoms with Gasteiger partial charge in [0.05, 0.1) is 11.0 Å². The van der Waals surface area contributed by atoms with Gasteiger partial charge in [-0.05, 0) is 36.4 Å². The van der Waals surface area contributed by atoms with Crippen molar-refractivity contribution in [2.45, 2.75) is 0 Å². The van der Waals surface area contributed by atoms with E-state index in [-0.39, 0.29) is 0 Å². The van der Waals surface area contributed by atoms with Crippen molar-refractivity contribution in [2.24, 2.45) is 0 Å². The van der Waals surface area contributed by atoms with Crippen molar-refractivity contribution in [3.8, 4) is 5.69 Å². The van der Waals surface area contributed by atoms with Gasteiger partial charge in [0.25, 0.3) is 0 Å². The van der Waals surface area contributed by atoms with Crippen LogP contribution in [0.4, 0.5) is 0 Å². The van der Waals surface area contributed by atoms with Crippen LogP contribution in [0.15, 0.2) is 83.3 Å². The van der Waals surface area contributed by atoms with E-state index in [0.29, 0.717) is 5.71 Å². The van der Waals surface area contributed by atoms with Crippen LogP contribution in [0, 0.1) is 0 Å². The molecule has 3 aromatic carbocycles. The molecule has 0 bridgehead atoms. The molecule has 0 radical (unpaired) electrons. The van der Waals surface area contributed by atoms with Crippen molar-refractivity contribution in [1.82, 2.24) is 14.0 Å². The summed E-state index contributed by atoms with van der Waals surface area (Å²) in [6, 6.07) is 26.8. The van der Waals surface area contributed by atoms with Crippen molar-refractivity contribution in [3.05, 3.63) is 78.9 Å². The Labute approximate surface area is 142 Å². The van der Waals surface area contributed by atoms with Gasteiger partial charge >= 0.3 is 0 Å². The third-order valence-corrected chi connectivity index (χ3v) is 4.75. The quantitative estimate of drug-likeness (QED) is 0.418. The smallest absolute Gasteiger partial charge is 0.248 e. The first-order chi connectivity index (χ1) is 12.4. The standard InChI is InChI=1S/C21H13N3O/c1-2-8-14(9-3-1)23-16-11-5-6-12-17(16)24-19-15-10-4-7-13-18(15)25-20(19)22-21(23)24/h1-13H. The molecule has 118 valence electrons. The maximum absolute atomic E-state index is 5.99. The van der Waals surface area contributed by atoms with Crippen LogP contribution in [0.5, 0.6) is 0 Å². The number of hydrogen-bond acceptors (Lipinski definition) is 2. The fourth-order valence-electron chi connectivity index (χ4n) is 3.71. The molecule has 3 aromatic heterocycles. The van der Waals surface area contributed by atoms with Gasteiger partial charge in [-0.1, -0.05) is 42.5 Å². The van der Waals surface area contributed by atoms with Crippen molar-refractivity contribution in [1.29, 1.82) is 0 Å². The van der Waals surface area contributed by atoms with Crippen LogP contribution in [0.25, 0.3) is 44.7 Å². The monoisotopic (exact) mass is 323 g/mol. The molecule has 3 heterocycles. The second-order valence-corrected chi connectivity index (χ2v) is 6.16. The summed E-state index contributed by atoms with van der Waals surface area (Å²) in [6.07, 6.45) is 0. The van der Waals surface area contributed by atoms with Gasteiger partial charge in [0.1, 0.15) is 11.1 Å². The van der Waals surface area contributed by atoms with Gasteiger partial charge in [-0.25, -0.2) is 0 Å². The molecule has 4 nitrogen and oxygen atoms in total. The highest BCUT2D eigenvalue weighted by Crippen LogP contribution is 2.34. The van der Waals surface area contributed by atoms with E-state index in [1.807, 2.05) is 36.4 Å². The highest BCUT2D eigenvalue weighted by Gasteiger charge is 2.20. The average Bonchev–Trinajstić information content (AvgIpc) is 3.28. The van der Waals surface area contributed by atoms with Crippen LogP contribution in [0.2, 0.25) is 0 Å². The number of furan rings is 1. The zero-order valence-corrected chi connectivity index (χ0v) is 13.3. The second-order valence-electron chi connectivity index (χ2n) is 6.16. The van der Waals surface area contributed by atoms with Crippen LogP contribution in [0.3, 0.4) is 0 Å². The van der Waals surface area contributed by atoms with Crippen molar-refractivity contribution < 1.29 is 4.42 Å². The predicted octanol–water partition coefficient (Wildman–Crippen LogP) is 5.18. The molecule has 4 heteroatoms. The summed E-state index contributed by atoms with van der Waals surface area (Å²) in [5.74, 6) is 0.868. The van der Waals surface area contributed by atoms with E-state index in [1.54, 1.807) is 0 Å². The van der Waals surface area contributed by atoms with Crippen LogP contribution in [0.1, 0.15) is 0 Å². The lowest BCUT2D eigenvalue weighted by Gasteiger charge is -2.03. The van der Waals surface area contributed by atoms with E-state index in [2.05, 4.69) is 51.4 Å². The van der Waals surface area contributed by atoms with E-state index < -0.39 is 0 Å². The highest BCUT2D eigenvalue weighted by atomic mass is 16.3. The Hall–Kier alpha value is -3.53. The summed E-state index contributed by atoms with van der Waals surface area (Å²) in [5.41, 5.74) is 5.90. The summed E-state index contributed by atoms with van der Waals surface area (Å²) in [6.45, 7) is 0. The number of hydrogen-bond donors (Lipinski definition) is 0. The van der Waals surface area contributed by atoms with Gasteiger partial charge in [0.15, 0.2) is 0 Å². The molecule has 0 aliphatic rings. The SMILES string of the molecule is c1ccc(-n2c3ccccc3n3c4c(nc23)oc2ccccc24)cc1. The number of rotatable bonds is 1. The molecule has 0 atom stereocenters. The molecule has 0 saturated heterocycles. The normalized spacial score (nSPS) is 12.0. The van der Waals surface area contributed by atoms with Crippen molar-refractivity contribution in [3.63, 3.8) is 0 Å². The number of benzene rings is 3. The second kappa shape index (κ2) is 4.51. The molecular weight excluding hydrogens is 310 g/mol. The van der Waals surface area contributed by atoms with E-state index in [9.17, 15) is 0 Å². The lowest BCUT2D eigenvalue weighted by molar-refractivity contribution is 0.656. The predicted molar refractivity (Wildman–Crippen MR) is 99.3 cm³/mol. The molecule has 6 aromatic rings. The van der Waals surface area contributed by atoms with Crippen LogP contribution >= 0.6 is 0 Å². The van der Waals surface area contributed by atoms with E-state index >= 15 is 0 Å². The minimum Gasteiger partial charge on any atom is -0.436 e. The molecule has 0 amide bonds. The summed E-state index contributed by atoms with van der Waals surface area (Å²) in [5, 5.41) is 1.08. The fourth-order valence-corrected chi connectivity index (χ4v) is 3.71. The van der Waals surface area contributed by atoms with Crippen LogP contribution in [-0.2, 0) is 0 Å². The number of aromatic nitrogens is 3. The summed E-state index contributed by atoms with van der Waals surface area (Å²) in [4.78, 5) is 4.83. The lowest BCUT2D eigenvalue weighted by Crippen LogP contribution is -1.94. The van der Waals surface area contributed by atoms with Crippen LogP contribution in [-0.4, -0.2) is 14.0 Å². The summed E-state index contributed by atoms with van der Waals surface area (Å²) >= 11 is 0. The van der Waals surface area contributed by atoms with Crippen molar-refractivity contribution >= 4 is 39.0 Å². The average molecular weight is 323 g/mol. The lowest BCUT2D eigenvalue weighted by atomic mass is 10.2. The first-order valence-corrected chi connectivity index (χ1v) is 8.26. The molecule has 0 fully saturated rings. The summed E-state index contributed by atoms with van der Waals surface area (Å²) < 4.78 is 10.4. The van der Waals surface area contributed by atoms with Gasteiger partial charge in [-0.2, -0.15) is 4.98 Å². The Kier molecular flexibility index (Phi) is 2.32. The molecule has 0 N–H and O–H groups in total. The van der Waals surface area contributed by atoms with Gasteiger partial charge < -0.3 is 4.42 Å². The Morgan fingerprint density at radius 2 is 1.44 bits per heavy atom. The topological polar surface area (TPSA) is 35.4 Å². The number of imidazole rings is 2. The Morgan fingerprint density at radius 1 is 0.720 bits per heavy atom. The summed E-state index contributed by atoms with van der Waals surface area (Å²) in [7, 11) is 0. The maximum atomic E-state index is 5.99. The largest absolute Gasteiger partial charge is 0.436 e. The molecule has 0 saturated carbocycles. The molecule has 6 rings (SSSR count). The Balaban J connectivity index is 1.90. The zero-order chi connectivity index (χ0) is 16.4. The van der Waals surface area contributed by atoms with Crippen LogP contribution < -0.4 is 0 Å². The van der Waals surface area contributed by atoms with Gasteiger partial charge in [0.2, 0.25) is 11.5 Å². The third kappa shape index (κ3) is 1.58. The molecule has 0 spiro atoms. The number of nitrogens with zero attached hydrogens (tertiary/aromatic N) is 3. The molecule has 0 unspecified atom stereocenters. The fraction of sp³-hybridized carbons (Fsp3) is 0. The minimum absolute atomic E-state index is 0.673. The number of fused-ring (bicyclic) bond motifs is 7.